The number of nitriles is 1. The van der Waals surface area contributed by atoms with Crippen molar-refractivity contribution in [1.29, 1.82) is 5.26 Å². The number of rotatable bonds is 2. The molecule has 0 radical (unpaired) electrons. The number of aliphatic hydroxyl groups is 1. The smallest absolute Gasteiger partial charge is 0.159 e. The van der Waals surface area contributed by atoms with E-state index in [0.29, 0.717) is 11.3 Å². The molecule has 0 unspecified atom stereocenters. The molecule has 3 nitrogen and oxygen atoms in total. The Morgan fingerprint density at radius 3 is 2.44 bits per heavy atom. The predicted octanol–water partition coefficient (Wildman–Crippen LogP) is 3.17. The van der Waals surface area contributed by atoms with Gasteiger partial charge >= 0.3 is 0 Å². The lowest BCUT2D eigenvalue weighted by atomic mass is 10.0. The number of benzene rings is 1. The van der Waals surface area contributed by atoms with Crippen LogP contribution in [0.15, 0.2) is 48.7 Å². The van der Waals surface area contributed by atoms with Crippen molar-refractivity contribution in [1.82, 2.24) is 4.98 Å². The van der Waals surface area contributed by atoms with E-state index in [9.17, 15) is 9.50 Å². The monoisotopic (exact) mass is 240 g/mol. The molecule has 0 saturated carbocycles. The van der Waals surface area contributed by atoms with Gasteiger partial charge in [0, 0.05) is 6.20 Å². The van der Waals surface area contributed by atoms with E-state index >= 15 is 0 Å². The van der Waals surface area contributed by atoms with Crippen molar-refractivity contribution in [3.05, 3.63) is 65.7 Å². The van der Waals surface area contributed by atoms with Gasteiger partial charge in [-0.1, -0.05) is 18.2 Å². The average molecular weight is 240 g/mol. The van der Waals surface area contributed by atoms with Crippen LogP contribution in [0.4, 0.5) is 4.39 Å². The Kier molecular flexibility index (Phi) is 3.35. The summed E-state index contributed by atoms with van der Waals surface area (Å²) in [5, 5.41) is 19.1. The highest BCUT2D eigenvalue weighted by molar-refractivity contribution is 5.93. The Morgan fingerprint density at radius 1 is 1.17 bits per heavy atom. The summed E-state index contributed by atoms with van der Waals surface area (Å²) in [5.74, 6) is -0.613. The van der Waals surface area contributed by atoms with E-state index in [1.54, 1.807) is 18.2 Å². The first-order chi connectivity index (χ1) is 8.72. The third kappa shape index (κ3) is 2.36. The maximum absolute atomic E-state index is 12.8. The molecule has 2 aromatic rings. The third-order valence-corrected chi connectivity index (χ3v) is 2.39. The van der Waals surface area contributed by atoms with Crippen molar-refractivity contribution < 1.29 is 9.50 Å². The van der Waals surface area contributed by atoms with Gasteiger partial charge in [-0.25, -0.2) is 4.39 Å². The van der Waals surface area contributed by atoms with Crippen molar-refractivity contribution >= 4 is 11.3 Å². The molecule has 88 valence electrons. The maximum Gasteiger partial charge on any atom is 0.159 e. The normalized spacial score (nSPS) is 11.6. The fourth-order valence-electron chi connectivity index (χ4n) is 1.50. The molecular formula is C14H9FN2O. The standard InChI is InChI=1S/C14H9FN2O/c15-11-6-4-10(5-7-11)12(9-16)14(18)13-3-1-2-8-17-13/h1-8,18H. The van der Waals surface area contributed by atoms with Crippen molar-refractivity contribution in [3.63, 3.8) is 0 Å². The van der Waals surface area contributed by atoms with Crippen LogP contribution in [-0.2, 0) is 0 Å². The number of allylic oxidation sites excluding steroid dienone is 1. The zero-order valence-corrected chi connectivity index (χ0v) is 9.34. The largest absolute Gasteiger partial charge is 0.504 e. The molecule has 0 aliphatic rings. The van der Waals surface area contributed by atoms with Crippen LogP contribution in [0.1, 0.15) is 11.3 Å². The maximum atomic E-state index is 12.8. The van der Waals surface area contributed by atoms with E-state index in [2.05, 4.69) is 4.98 Å². The van der Waals surface area contributed by atoms with Crippen LogP contribution in [0, 0.1) is 17.1 Å². The molecule has 0 saturated heterocycles. The lowest BCUT2D eigenvalue weighted by Gasteiger charge is -2.03. The van der Waals surface area contributed by atoms with E-state index in [1.807, 2.05) is 6.07 Å². The fourth-order valence-corrected chi connectivity index (χ4v) is 1.50. The van der Waals surface area contributed by atoms with Crippen LogP contribution >= 0.6 is 0 Å². The summed E-state index contributed by atoms with van der Waals surface area (Å²) in [7, 11) is 0. The minimum absolute atomic E-state index is 0.0636. The highest BCUT2D eigenvalue weighted by Gasteiger charge is 2.11. The minimum atomic E-state index is -0.395. The van der Waals surface area contributed by atoms with E-state index < -0.39 is 5.82 Å². The molecule has 0 amide bonds. The molecule has 0 aliphatic carbocycles. The molecule has 2 rings (SSSR count). The number of nitrogens with zero attached hydrogens (tertiary/aromatic N) is 2. The first-order valence-corrected chi connectivity index (χ1v) is 5.23. The SMILES string of the molecule is N#CC(=C(O)c1ccccn1)c1ccc(F)cc1. The van der Waals surface area contributed by atoms with Crippen molar-refractivity contribution in [2.24, 2.45) is 0 Å². The lowest BCUT2D eigenvalue weighted by Crippen LogP contribution is -1.92. The second kappa shape index (κ2) is 5.11. The van der Waals surface area contributed by atoms with Crippen molar-refractivity contribution in [2.75, 3.05) is 0 Å². The van der Waals surface area contributed by atoms with Crippen LogP contribution in [0.2, 0.25) is 0 Å². The first-order valence-electron chi connectivity index (χ1n) is 5.23. The van der Waals surface area contributed by atoms with E-state index in [1.165, 1.54) is 30.5 Å². The van der Waals surface area contributed by atoms with Gasteiger partial charge in [0.1, 0.15) is 23.2 Å². The molecule has 1 aromatic heterocycles. The second-order valence-corrected chi connectivity index (χ2v) is 3.56. The van der Waals surface area contributed by atoms with Gasteiger partial charge in [-0.05, 0) is 29.8 Å². The Labute approximate surface area is 103 Å². The molecule has 0 aliphatic heterocycles. The van der Waals surface area contributed by atoms with Crippen LogP contribution in [-0.4, -0.2) is 10.1 Å². The average Bonchev–Trinajstić information content (AvgIpc) is 2.42. The van der Waals surface area contributed by atoms with E-state index in [-0.39, 0.29) is 11.3 Å². The van der Waals surface area contributed by atoms with Crippen molar-refractivity contribution in [3.8, 4) is 6.07 Å². The van der Waals surface area contributed by atoms with E-state index in [4.69, 9.17) is 5.26 Å². The first kappa shape index (κ1) is 11.8. The molecule has 0 atom stereocenters. The Bertz CT molecular complexity index is 612. The molecule has 1 N–H and O–H groups in total. The summed E-state index contributed by atoms with van der Waals surface area (Å²) in [6, 6.07) is 12.3. The number of pyridine rings is 1. The number of halogens is 1. The predicted molar refractivity (Wildman–Crippen MR) is 65.7 cm³/mol. The molecular weight excluding hydrogens is 231 g/mol. The molecule has 0 fully saturated rings. The van der Waals surface area contributed by atoms with Crippen LogP contribution in [0.25, 0.3) is 11.3 Å². The Balaban J connectivity index is 2.52. The molecule has 1 heterocycles. The van der Waals surface area contributed by atoms with Gasteiger partial charge in [0.15, 0.2) is 5.76 Å². The molecule has 0 bridgehead atoms. The highest BCUT2D eigenvalue weighted by Crippen LogP contribution is 2.22. The Morgan fingerprint density at radius 2 is 1.89 bits per heavy atom. The zero-order chi connectivity index (χ0) is 13.0. The summed E-state index contributed by atoms with van der Waals surface area (Å²) in [6.45, 7) is 0. The molecule has 18 heavy (non-hydrogen) atoms. The fraction of sp³-hybridized carbons (Fsp3) is 0. The summed E-state index contributed by atoms with van der Waals surface area (Å²) in [6.07, 6.45) is 1.52. The van der Waals surface area contributed by atoms with Crippen molar-refractivity contribution in [2.45, 2.75) is 0 Å². The topological polar surface area (TPSA) is 56.9 Å². The van der Waals surface area contributed by atoms with Gasteiger partial charge < -0.3 is 5.11 Å². The van der Waals surface area contributed by atoms with E-state index in [0.717, 1.165) is 0 Å². The molecule has 0 spiro atoms. The van der Waals surface area contributed by atoms with Gasteiger partial charge in [0.25, 0.3) is 0 Å². The van der Waals surface area contributed by atoms with Gasteiger partial charge in [-0.3, -0.25) is 4.98 Å². The van der Waals surface area contributed by atoms with Gasteiger partial charge in [-0.2, -0.15) is 5.26 Å². The number of hydrogen-bond donors (Lipinski definition) is 1. The minimum Gasteiger partial charge on any atom is -0.504 e. The quantitative estimate of drug-likeness (QED) is 0.648. The summed E-state index contributed by atoms with van der Waals surface area (Å²) in [4.78, 5) is 3.96. The zero-order valence-electron chi connectivity index (χ0n) is 9.34. The van der Waals surface area contributed by atoms with Crippen LogP contribution in [0.3, 0.4) is 0 Å². The number of aromatic nitrogens is 1. The molecule has 4 heteroatoms. The van der Waals surface area contributed by atoms with Gasteiger partial charge in [-0.15, -0.1) is 0 Å². The lowest BCUT2D eigenvalue weighted by molar-refractivity contribution is 0.511. The summed E-state index contributed by atoms with van der Waals surface area (Å²) < 4.78 is 12.8. The van der Waals surface area contributed by atoms with Crippen LogP contribution < -0.4 is 0 Å². The second-order valence-electron chi connectivity index (χ2n) is 3.56. The number of aliphatic hydroxyl groups excluding tert-OH is 1. The third-order valence-electron chi connectivity index (χ3n) is 2.39. The number of hydrogen-bond acceptors (Lipinski definition) is 3. The van der Waals surface area contributed by atoms with Gasteiger partial charge in [0.05, 0.1) is 0 Å². The molecule has 1 aromatic carbocycles. The van der Waals surface area contributed by atoms with Gasteiger partial charge in [0.2, 0.25) is 0 Å². The highest BCUT2D eigenvalue weighted by atomic mass is 19.1. The Hall–Kier alpha value is -2.67. The summed E-state index contributed by atoms with van der Waals surface area (Å²) in [5.41, 5.74) is 0.814. The summed E-state index contributed by atoms with van der Waals surface area (Å²) >= 11 is 0. The van der Waals surface area contributed by atoms with Crippen LogP contribution in [0.5, 0.6) is 0 Å².